The molecule has 24 heavy (non-hydrogen) atoms. The average Bonchev–Trinajstić information content (AvgIpc) is 2.56. The van der Waals surface area contributed by atoms with Crippen LogP contribution in [-0.2, 0) is 4.79 Å². The summed E-state index contributed by atoms with van der Waals surface area (Å²) in [6.45, 7) is 6.01. The second-order valence-corrected chi connectivity index (χ2v) is 6.18. The molecule has 0 aliphatic rings. The van der Waals surface area contributed by atoms with E-state index in [4.69, 9.17) is 21.1 Å². The first-order valence-electron chi connectivity index (χ1n) is 7.86. The smallest absolute Gasteiger partial charge is 0.261 e. The van der Waals surface area contributed by atoms with Crippen LogP contribution in [0.4, 0.5) is 0 Å². The zero-order chi connectivity index (χ0) is 17.5. The maximum Gasteiger partial charge on any atom is 0.261 e. The third-order valence-electron chi connectivity index (χ3n) is 3.41. The van der Waals surface area contributed by atoms with E-state index in [1.165, 1.54) is 5.56 Å². The Morgan fingerprint density at radius 3 is 2.25 bits per heavy atom. The summed E-state index contributed by atoms with van der Waals surface area (Å²) < 4.78 is 11.3. The second kappa shape index (κ2) is 8.60. The van der Waals surface area contributed by atoms with Gasteiger partial charge in [-0.05, 0) is 57.2 Å². The van der Waals surface area contributed by atoms with Crippen LogP contribution in [0.15, 0.2) is 48.5 Å². The molecule has 2 aromatic rings. The molecular weight excluding hydrogens is 326 g/mol. The minimum absolute atomic E-state index is 0.130. The summed E-state index contributed by atoms with van der Waals surface area (Å²) in [7, 11) is 0. The molecule has 128 valence electrons. The van der Waals surface area contributed by atoms with E-state index in [0.29, 0.717) is 17.4 Å². The van der Waals surface area contributed by atoms with E-state index < -0.39 is 6.10 Å². The SMILES string of the molecule is Cc1ccc(OC[C@H](C)NC(=O)[C@@H](C)Oc2ccc(Cl)cc2)cc1. The molecule has 1 amide bonds. The number of nitrogens with one attached hydrogen (secondary N) is 1. The van der Waals surface area contributed by atoms with Crippen LogP contribution in [0.1, 0.15) is 19.4 Å². The molecule has 5 heteroatoms. The molecule has 1 N–H and O–H groups in total. The molecule has 0 spiro atoms. The molecule has 0 unspecified atom stereocenters. The van der Waals surface area contributed by atoms with Crippen LogP contribution in [0.5, 0.6) is 11.5 Å². The van der Waals surface area contributed by atoms with Crippen molar-refractivity contribution in [2.45, 2.75) is 32.9 Å². The molecule has 0 saturated carbocycles. The summed E-state index contributed by atoms with van der Waals surface area (Å²) in [4.78, 5) is 12.2. The Bertz CT molecular complexity index is 655. The van der Waals surface area contributed by atoms with Crippen molar-refractivity contribution in [3.05, 3.63) is 59.1 Å². The molecule has 0 fully saturated rings. The molecule has 2 aromatic carbocycles. The summed E-state index contributed by atoms with van der Waals surface area (Å²) >= 11 is 5.82. The first kappa shape index (κ1) is 18.1. The summed E-state index contributed by atoms with van der Waals surface area (Å²) in [6.07, 6.45) is -0.604. The van der Waals surface area contributed by atoms with Gasteiger partial charge < -0.3 is 14.8 Å². The third kappa shape index (κ3) is 5.78. The van der Waals surface area contributed by atoms with Crippen molar-refractivity contribution < 1.29 is 14.3 Å². The van der Waals surface area contributed by atoms with Gasteiger partial charge in [-0.15, -0.1) is 0 Å². The van der Waals surface area contributed by atoms with E-state index in [9.17, 15) is 4.79 Å². The number of aryl methyl sites for hydroxylation is 1. The van der Waals surface area contributed by atoms with E-state index in [1.807, 2.05) is 38.1 Å². The van der Waals surface area contributed by atoms with Crippen LogP contribution in [0.25, 0.3) is 0 Å². The van der Waals surface area contributed by atoms with Gasteiger partial charge >= 0.3 is 0 Å². The fraction of sp³-hybridized carbons (Fsp3) is 0.316. The molecule has 2 atom stereocenters. The Morgan fingerprint density at radius 2 is 1.62 bits per heavy atom. The van der Waals surface area contributed by atoms with E-state index in [2.05, 4.69) is 5.32 Å². The Kier molecular flexibility index (Phi) is 6.50. The van der Waals surface area contributed by atoms with Crippen molar-refractivity contribution >= 4 is 17.5 Å². The third-order valence-corrected chi connectivity index (χ3v) is 3.66. The van der Waals surface area contributed by atoms with Gasteiger partial charge in [0.25, 0.3) is 5.91 Å². The highest BCUT2D eigenvalue weighted by molar-refractivity contribution is 6.30. The van der Waals surface area contributed by atoms with Crippen LogP contribution in [0.2, 0.25) is 5.02 Å². The molecule has 0 aliphatic carbocycles. The van der Waals surface area contributed by atoms with Crippen molar-refractivity contribution in [1.82, 2.24) is 5.32 Å². The van der Waals surface area contributed by atoms with Crippen molar-refractivity contribution in [2.75, 3.05) is 6.61 Å². The first-order valence-corrected chi connectivity index (χ1v) is 8.24. The van der Waals surface area contributed by atoms with Gasteiger partial charge in [-0.25, -0.2) is 0 Å². The molecular formula is C19H22ClNO3. The molecule has 0 bridgehead atoms. The number of carbonyl (C=O) groups is 1. The van der Waals surface area contributed by atoms with Crippen LogP contribution in [0.3, 0.4) is 0 Å². The number of halogens is 1. The molecule has 4 nitrogen and oxygen atoms in total. The van der Waals surface area contributed by atoms with E-state index >= 15 is 0 Å². The lowest BCUT2D eigenvalue weighted by molar-refractivity contribution is -0.128. The van der Waals surface area contributed by atoms with Gasteiger partial charge in [-0.3, -0.25) is 4.79 Å². The Balaban J connectivity index is 1.77. The fourth-order valence-electron chi connectivity index (χ4n) is 2.03. The van der Waals surface area contributed by atoms with Crippen molar-refractivity contribution in [3.8, 4) is 11.5 Å². The van der Waals surface area contributed by atoms with Gasteiger partial charge in [0.15, 0.2) is 6.10 Å². The molecule has 0 aliphatic heterocycles. The van der Waals surface area contributed by atoms with E-state index in [0.717, 1.165) is 5.75 Å². The minimum atomic E-state index is -0.604. The zero-order valence-corrected chi connectivity index (χ0v) is 14.8. The maximum atomic E-state index is 12.2. The van der Waals surface area contributed by atoms with Crippen LogP contribution in [-0.4, -0.2) is 24.7 Å². The molecule has 0 radical (unpaired) electrons. The highest BCUT2D eigenvalue weighted by atomic mass is 35.5. The van der Waals surface area contributed by atoms with Gasteiger partial charge in [-0.2, -0.15) is 0 Å². The highest BCUT2D eigenvalue weighted by Crippen LogP contribution is 2.17. The standard InChI is InChI=1S/C19H22ClNO3/c1-13-4-8-17(9-5-13)23-12-14(2)21-19(22)15(3)24-18-10-6-16(20)7-11-18/h4-11,14-15H,12H2,1-3H3,(H,21,22)/t14-,15+/m0/s1. The minimum Gasteiger partial charge on any atom is -0.491 e. The molecule has 0 heterocycles. The second-order valence-electron chi connectivity index (χ2n) is 5.75. The number of ether oxygens (including phenoxy) is 2. The molecule has 0 aromatic heterocycles. The monoisotopic (exact) mass is 347 g/mol. The number of hydrogen-bond acceptors (Lipinski definition) is 3. The van der Waals surface area contributed by atoms with Gasteiger partial charge in [0.05, 0.1) is 6.04 Å². The van der Waals surface area contributed by atoms with E-state index in [-0.39, 0.29) is 11.9 Å². The Labute approximate surface area is 147 Å². The predicted octanol–water partition coefficient (Wildman–Crippen LogP) is 4.00. The summed E-state index contributed by atoms with van der Waals surface area (Å²) in [5.41, 5.74) is 1.18. The van der Waals surface area contributed by atoms with Crippen molar-refractivity contribution in [1.29, 1.82) is 0 Å². The largest absolute Gasteiger partial charge is 0.491 e. The zero-order valence-electron chi connectivity index (χ0n) is 14.1. The quantitative estimate of drug-likeness (QED) is 0.823. The van der Waals surface area contributed by atoms with Crippen LogP contribution >= 0.6 is 11.6 Å². The molecule has 0 saturated heterocycles. The summed E-state index contributed by atoms with van der Waals surface area (Å²) in [5, 5.41) is 3.50. The number of benzene rings is 2. The van der Waals surface area contributed by atoms with Crippen molar-refractivity contribution in [2.24, 2.45) is 0 Å². The number of carbonyl (C=O) groups excluding carboxylic acids is 1. The van der Waals surface area contributed by atoms with Crippen LogP contribution < -0.4 is 14.8 Å². The normalized spacial score (nSPS) is 13.0. The maximum absolute atomic E-state index is 12.2. The number of rotatable bonds is 7. The van der Waals surface area contributed by atoms with Gasteiger partial charge in [-0.1, -0.05) is 29.3 Å². The predicted molar refractivity (Wildman–Crippen MR) is 95.8 cm³/mol. The highest BCUT2D eigenvalue weighted by Gasteiger charge is 2.17. The Hall–Kier alpha value is -2.20. The topological polar surface area (TPSA) is 47.6 Å². The summed E-state index contributed by atoms with van der Waals surface area (Å²) in [5.74, 6) is 1.20. The van der Waals surface area contributed by atoms with Gasteiger partial charge in [0.2, 0.25) is 0 Å². The molecule has 2 rings (SSSR count). The Morgan fingerprint density at radius 1 is 1.04 bits per heavy atom. The number of amides is 1. The first-order chi connectivity index (χ1) is 11.4. The van der Waals surface area contributed by atoms with Crippen LogP contribution in [0, 0.1) is 6.92 Å². The lowest BCUT2D eigenvalue weighted by Gasteiger charge is -2.19. The lowest BCUT2D eigenvalue weighted by Crippen LogP contribution is -2.43. The van der Waals surface area contributed by atoms with Gasteiger partial charge in [0.1, 0.15) is 18.1 Å². The van der Waals surface area contributed by atoms with Gasteiger partial charge in [0, 0.05) is 5.02 Å². The number of hydrogen-bond donors (Lipinski definition) is 1. The fourth-order valence-corrected chi connectivity index (χ4v) is 2.15. The average molecular weight is 348 g/mol. The summed E-state index contributed by atoms with van der Waals surface area (Å²) in [6, 6.07) is 14.6. The van der Waals surface area contributed by atoms with Crippen molar-refractivity contribution in [3.63, 3.8) is 0 Å². The lowest BCUT2D eigenvalue weighted by atomic mass is 10.2. The van der Waals surface area contributed by atoms with E-state index in [1.54, 1.807) is 31.2 Å².